The second-order valence-corrected chi connectivity index (χ2v) is 4.80. The van der Waals surface area contributed by atoms with Crippen LogP contribution in [0.5, 0.6) is 0 Å². The van der Waals surface area contributed by atoms with Gasteiger partial charge in [-0.05, 0) is 32.0 Å². The van der Waals surface area contributed by atoms with Crippen LogP contribution in [0.2, 0.25) is 0 Å². The van der Waals surface area contributed by atoms with Crippen molar-refractivity contribution >= 4 is 22.1 Å². The van der Waals surface area contributed by atoms with Gasteiger partial charge in [0.05, 0.1) is 5.39 Å². The van der Waals surface area contributed by atoms with Gasteiger partial charge in [0, 0.05) is 0 Å². The highest BCUT2D eigenvalue weighted by atomic mass is 16.5. The van der Waals surface area contributed by atoms with E-state index in [1.54, 1.807) is 38.1 Å². The fraction of sp³-hybridized carbons (Fsp3) is 0.214. The van der Waals surface area contributed by atoms with E-state index in [1.807, 2.05) is 0 Å². The Morgan fingerprint density at radius 2 is 1.83 bits per heavy atom. The molecule has 0 saturated carbocycles. The zero-order chi connectivity index (χ0) is 12.9. The Kier molecular flexibility index (Phi) is 2.12. The Balaban J connectivity index is 2.44. The van der Waals surface area contributed by atoms with Crippen LogP contribution in [0.15, 0.2) is 44.0 Å². The van der Waals surface area contributed by atoms with Crippen LogP contribution in [0, 0.1) is 0 Å². The van der Waals surface area contributed by atoms with Crippen LogP contribution in [0.4, 0.5) is 0 Å². The van der Waals surface area contributed by atoms with Crippen LogP contribution >= 0.6 is 0 Å². The summed E-state index contributed by atoms with van der Waals surface area (Å²) in [5.74, 6) is 0.462. The third kappa shape index (κ3) is 1.54. The van der Waals surface area contributed by atoms with Crippen molar-refractivity contribution < 1.29 is 13.9 Å². The van der Waals surface area contributed by atoms with Crippen LogP contribution in [-0.2, 0) is 5.60 Å². The lowest BCUT2D eigenvalue weighted by molar-refractivity contribution is 0.0547. The summed E-state index contributed by atoms with van der Waals surface area (Å²) in [7, 11) is 0. The molecule has 3 aromatic rings. The van der Waals surface area contributed by atoms with Crippen molar-refractivity contribution in [3.63, 3.8) is 0 Å². The molecule has 2 heterocycles. The number of para-hydroxylation sites is 1. The first-order chi connectivity index (χ1) is 8.47. The summed E-state index contributed by atoms with van der Waals surface area (Å²) in [5.41, 5.74) is -0.814. The maximum absolute atomic E-state index is 12.2. The van der Waals surface area contributed by atoms with Gasteiger partial charge in [0.1, 0.15) is 22.3 Å². The highest BCUT2D eigenvalue weighted by molar-refractivity contribution is 5.87. The van der Waals surface area contributed by atoms with Crippen LogP contribution < -0.4 is 5.43 Å². The average Bonchev–Trinajstić information content (AvgIpc) is 2.73. The molecule has 0 aliphatic heterocycles. The summed E-state index contributed by atoms with van der Waals surface area (Å²) < 4.78 is 10.9. The molecule has 0 aliphatic rings. The van der Waals surface area contributed by atoms with Crippen molar-refractivity contribution in [3.8, 4) is 0 Å². The molecular formula is C14H12O4. The molecule has 1 N–H and O–H groups in total. The van der Waals surface area contributed by atoms with Gasteiger partial charge in [-0.3, -0.25) is 4.79 Å². The Labute approximate surface area is 102 Å². The number of furan rings is 1. The molecule has 0 bridgehead atoms. The van der Waals surface area contributed by atoms with Crippen LogP contribution in [-0.4, -0.2) is 5.11 Å². The fourth-order valence-corrected chi connectivity index (χ4v) is 1.90. The molecule has 92 valence electrons. The molecule has 18 heavy (non-hydrogen) atoms. The van der Waals surface area contributed by atoms with Gasteiger partial charge in [-0.1, -0.05) is 12.1 Å². The van der Waals surface area contributed by atoms with Gasteiger partial charge >= 0.3 is 5.78 Å². The number of hydrogen-bond acceptors (Lipinski definition) is 4. The average molecular weight is 244 g/mol. The number of benzene rings is 1. The summed E-state index contributed by atoms with van der Waals surface area (Å²) in [6.07, 6.45) is 0. The minimum Gasteiger partial charge on any atom is -0.427 e. The number of aliphatic hydroxyl groups is 1. The predicted octanol–water partition coefficient (Wildman–Crippen LogP) is 2.77. The van der Waals surface area contributed by atoms with E-state index >= 15 is 0 Å². The topological polar surface area (TPSA) is 63.6 Å². The molecular weight excluding hydrogens is 232 g/mol. The van der Waals surface area contributed by atoms with Crippen molar-refractivity contribution in [1.29, 1.82) is 0 Å². The minimum atomic E-state index is -1.15. The standard InChI is InChI=1S/C14H12O4/c1-14(2,16)11-7-9-12(15)8-5-3-4-6-10(8)17-13(9)18-11/h3-7,16H,1-2H3. The number of fused-ring (bicyclic) bond motifs is 2. The Bertz CT molecular complexity index is 787. The molecule has 0 aliphatic carbocycles. The smallest absolute Gasteiger partial charge is 0.301 e. The highest BCUT2D eigenvalue weighted by Gasteiger charge is 2.23. The first-order valence-corrected chi connectivity index (χ1v) is 5.65. The molecule has 0 amide bonds. The minimum absolute atomic E-state index is 0.147. The van der Waals surface area contributed by atoms with E-state index in [1.165, 1.54) is 6.07 Å². The van der Waals surface area contributed by atoms with Crippen LogP contribution in [0.25, 0.3) is 22.1 Å². The van der Waals surface area contributed by atoms with Gasteiger partial charge < -0.3 is 13.9 Å². The lowest BCUT2D eigenvalue weighted by atomic mass is 10.1. The molecule has 0 fully saturated rings. The Morgan fingerprint density at radius 1 is 1.11 bits per heavy atom. The molecule has 0 atom stereocenters. The third-order valence-electron chi connectivity index (χ3n) is 2.88. The molecule has 0 unspecified atom stereocenters. The second kappa shape index (κ2) is 3.46. The summed E-state index contributed by atoms with van der Waals surface area (Å²) in [5, 5.41) is 10.7. The molecule has 0 saturated heterocycles. The van der Waals surface area contributed by atoms with Gasteiger partial charge in [-0.2, -0.15) is 0 Å². The lowest BCUT2D eigenvalue weighted by Crippen LogP contribution is -2.13. The van der Waals surface area contributed by atoms with Crippen LogP contribution in [0.3, 0.4) is 0 Å². The highest BCUT2D eigenvalue weighted by Crippen LogP contribution is 2.27. The molecule has 1 aromatic carbocycles. The normalized spacial score (nSPS) is 12.4. The largest absolute Gasteiger partial charge is 0.427 e. The molecule has 3 rings (SSSR count). The van der Waals surface area contributed by atoms with Crippen molar-refractivity contribution in [2.45, 2.75) is 19.4 Å². The van der Waals surface area contributed by atoms with Gasteiger partial charge in [0.15, 0.2) is 0 Å². The van der Waals surface area contributed by atoms with Crippen molar-refractivity contribution in [2.24, 2.45) is 0 Å². The van der Waals surface area contributed by atoms with Gasteiger partial charge in [-0.25, -0.2) is 0 Å². The van der Waals surface area contributed by atoms with Crippen molar-refractivity contribution in [3.05, 3.63) is 46.3 Å². The van der Waals surface area contributed by atoms with E-state index < -0.39 is 5.60 Å². The van der Waals surface area contributed by atoms with E-state index in [4.69, 9.17) is 8.83 Å². The second-order valence-electron chi connectivity index (χ2n) is 4.80. The lowest BCUT2D eigenvalue weighted by Gasteiger charge is -2.11. The van der Waals surface area contributed by atoms with E-state index in [0.717, 1.165) is 0 Å². The van der Waals surface area contributed by atoms with Crippen molar-refractivity contribution in [1.82, 2.24) is 0 Å². The Morgan fingerprint density at radius 3 is 2.56 bits per heavy atom. The maximum atomic E-state index is 12.2. The summed E-state index contributed by atoms with van der Waals surface area (Å²) in [4.78, 5) is 12.2. The summed E-state index contributed by atoms with van der Waals surface area (Å²) in [6.45, 7) is 3.18. The zero-order valence-corrected chi connectivity index (χ0v) is 10.1. The molecule has 0 spiro atoms. The first-order valence-electron chi connectivity index (χ1n) is 5.65. The van der Waals surface area contributed by atoms with E-state index in [-0.39, 0.29) is 11.2 Å². The maximum Gasteiger partial charge on any atom is 0.301 e. The summed E-state index contributed by atoms with van der Waals surface area (Å²) >= 11 is 0. The monoisotopic (exact) mass is 244 g/mol. The van der Waals surface area contributed by atoms with Crippen LogP contribution in [0.1, 0.15) is 19.6 Å². The first kappa shape index (κ1) is 11.0. The molecule has 4 nitrogen and oxygen atoms in total. The van der Waals surface area contributed by atoms with Gasteiger partial charge in [-0.15, -0.1) is 0 Å². The SMILES string of the molecule is CC(C)(O)c1cc2c(=O)c3ccccc3oc2o1. The molecule has 0 radical (unpaired) electrons. The fourth-order valence-electron chi connectivity index (χ4n) is 1.90. The zero-order valence-electron chi connectivity index (χ0n) is 10.1. The van der Waals surface area contributed by atoms with Crippen molar-refractivity contribution in [2.75, 3.05) is 0 Å². The summed E-state index contributed by atoms with van der Waals surface area (Å²) in [6, 6.07) is 8.52. The van der Waals surface area contributed by atoms with E-state index in [0.29, 0.717) is 22.1 Å². The van der Waals surface area contributed by atoms with E-state index in [2.05, 4.69) is 0 Å². The van der Waals surface area contributed by atoms with Gasteiger partial charge in [0.2, 0.25) is 5.43 Å². The molecule has 2 aromatic heterocycles. The molecule has 4 heteroatoms. The van der Waals surface area contributed by atoms with E-state index in [9.17, 15) is 9.90 Å². The van der Waals surface area contributed by atoms with Gasteiger partial charge in [0.25, 0.3) is 0 Å². The Hall–Kier alpha value is -2.07. The third-order valence-corrected chi connectivity index (χ3v) is 2.88. The number of rotatable bonds is 1. The quantitative estimate of drug-likeness (QED) is 0.714. The predicted molar refractivity (Wildman–Crippen MR) is 67.5 cm³/mol. The number of hydrogen-bond donors (Lipinski definition) is 1.